The fourth-order valence-electron chi connectivity index (χ4n) is 2.74. The first-order valence-corrected chi connectivity index (χ1v) is 6.93. The molecular formula is C17H18FNO. The highest BCUT2D eigenvalue weighted by molar-refractivity contribution is 5.48. The van der Waals surface area contributed by atoms with E-state index >= 15 is 0 Å². The van der Waals surface area contributed by atoms with Crippen LogP contribution in [0.4, 0.5) is 4.39 Å². The van der Waals surface area contributed by atoms with Gasteiger partial charge in [0, 0.05) is 11.1 Å². The maximum atomic E-state index is 14.2. The number of ether oxygens (including phenoxy) is 1. The molecule has 2 aromatic rings. The quantitative estimate of drug-likeness (QED) is 0.907. The predicted octanol–water partition coefficient (Wildman–Crippen LogP) is 3.51. The Hall–Kier alpha value is -1.87. The van der Waals surface area contributed by atoms with E-state index in [1.165, 1.54) is 0 Å². The molecule has 1 unspecified atom stereocenters. The van der Waals surface area contributed by atoms with Crippen LogP contribution in [0.15, 0.2) is 36.4 Å². The number of halogens is 1. The average molecular weight is 271 g/mol. The summed E-state index contributed by atoms with van der Waals surface area (Å²) in [6, 6.07) is 10.8. The van der Waals surface area contributed by atoms with Crippen LogP contribution in [0.3, 0.4) is 0 Å². The van der Waals surface area contributed by atoms with E-state index in [0.717, 1.165) is 29.7 Å². The topological polar surface area (TPSA) is 35.2 Å². The third kappa shape index (κ3) is 2.18. The van der Waals surface area contributed by atoms with Gasteiger partial charge < -0.3 is 10.5 Å². The van der Waals surface area contributed by atoms with Gasteiger partial charge in [-0.1, -0.05) is 36.4 Å². The lowest BCUT2D eigenvalue weighted by Crippen LogP contribution is -2.18. The molecule has 0 amide bonds. The van der Waals surface area contributed by atoms with Gasteiger partial charge in [-0.05, 0) is 30.9 Å². The molecular weight excluding hydrogens is 253 g/mol. The van der Waals surface area contributed by atoms with Crippen LogP contribution in [0.1, 0.15) is 34.7 Å². The van der Waals surface area contributed by atoms with Crippen LogP contribution in [0, 0.1) is 12.7 Å². The Labute approximate surface area is 118 Å². The lowest BCUT2D eigenvalue weighted by atomic mass is 9.93. The molecule has 1 heterocycles. The van der Waals surface area contributed by atoms with Crippen molar-refractivity contribution in [3.05, 3.63) is 64.5 Å². The van der Waals surface area contributed by atoms with Gasteiger partial charge in [-0.2, -0.15) is 0 Å². The van der Waals surface area contributed by atoms with Gasteiger partial charge in [0.2, 0.25) is 0 Å². The molecule has 0 bridgehead atoms. The van der Waals surface area contributed by atoms with Gasteiger partial charge in [-0.3, -0.25) is 0 Å². The van der Waals surface area contributed by atoms with Crippen LogP contribution in [0.5, 0.6) is 5.75 Å². The number of nitrogens with two attached hydrogens (primary N) is 1. The summed E-state index contributed by atoms with van der Waals surface area (Å²) in [5.74, 6) is 0.612. The minimum absolute atomic E-state index is 0.228. The molecule has 2 nitrogen and oxygen atoms in total. The van der Waals surface area contributed by atoms with Gasteiger partial charge in [0.1, 0.15) is 11.6 Å². The molecule has 1 aliphatic rings. The number of rotatable bonds is 2. The van der Waals surface area contributed by atoms with E-state index in [2.05, 4.69) is 6.07 Å². The largest absolute Gasteiger partial charge is 0.493 e. The number of hydrogen-bond donors (Lipinski definition) is 1. The molecule has 1 atom stereocenters. The van der Waals surface area contributed by atoms with Gasteiger partial charge in [0.15, 0.2) is 0 Å². The van der Waals surface area contributed by atoms with E-state index < -0.39 is 6.04 Å². The molecule has 2 aromatic carbocycles. The van der Waals surface area contributed by atoms with Crippen molar-refractivity contribution in [3.8, 4) is 5.75 Å². The van der Waals surface area contributed by atoms with E-state index in [0.29, 0.717) is 17.7 Å². The number of fused-ring (bicyclic) bond motifs is 1. The number of hydrogen-bond acceptors (Lipinski definition) is 2. The van der Waals surface area contributed by atoms with E-state index in [9.17, 15) is 4.39 Å². The number of para-hydroxylation sites is 1. The highest BCUT2D eigenvalue weighted by Gasteiger charge is 2.22. The highest BCUT2D eigenvalue weighted by Crippen LogP contribution is 2.35. The highest BCUT2D eigenvalue weighted by atomic mass is 19.1. The molecule has 3 rings (SSSR count). The molecule has 0 radical (unpaired) electrons. The first kappa shape index (κ1) is 13.1. The molecule has 104 valence electrons. The fraction of sp³-hybridized carbons (Fsp3) is 0.294. The van der Waals surface area contributed by atoms with Crippen molar-refractivity contribution in [1.29, 1.82) is 0 Å². The van der Waals surface area contributed by atoms with Gasteiger partial charge in [-0.15, -0.1) is 0 Å². The van der Waals surface area contributed by atoms with Crippen LogP contribution in [0.25, 0.3) is 0 Å². The molecule has 0 saturated heterocycles. The molecule has 0 aromatic heterocycles. The predicted molar refractivity (Wildman–Crippen MR) is 77.4 cm³/mol. The molecule has 0 fully saturated rings. The van der Waals surface area contributed by atoms with E-state index in [4.69, 9.17) is 10.5 Å². The van der Waals surface area contributed by atoms with Crippen LogP contribution in [0.2, 0.25) is 0 Å². The van der Waals surface area contributed by atoms with Crippen LogP contribution >= 0.6 is 0 Å². The fourth-order valence-corrected chi connectivity index (χ4v) is 2.74. The van der Waals surface area contributed by atoms with E-state index in [1.807, 2.05) is 18.2 Å². The van der Waals surface area contributed by atoms with Crippen molar-refractivity contribution in [3.63, 3.8) is 0 Å². The van der Waals surface area contributed by atoms with Crippen molar-refractivity contribution in [2.24, 2.45) is 5.73 Å². The molecule has 20 heavy (non-hydrogen) atoms. The Morgan fingerprint density at radius 2 is 1.90 bits per heavy atom. The Morgan fingerprint density at radius 1 is 1.15 bits per heavy atom. The summed E-state index contributed by atoms with van der Waals surface area (Å²) in [7, 11) is 0. The Bertz CT molecular complexity index is 639. The molecule has 0 saturated carbocycles. The third-order valence-electron chi connectivity index (χ3n) is 3.86. The van der Waals surface area contributed by atoms with Gasteiger partial charge in [0.25, 0.3) is 0 Å². The number of aryl methyl sites for hydroxylation is 2. The number of benzene rings is 2. The smallest absolute Gasteiger partial charge is 0.131 e. The Morgan fingerprint density at radius 3 is 2.75 bits per heavy atom. The van der Waals surface area contributed by atoms with Crippen molar-refractivity contribution < 1.29 is 9.13 Å². The normalized spacial score (nSPS) is 15.3. The van der Waals surface area contributed by atoms with Gasteiger partial charge >= 0.3 is 0 Å². The van der Waals surface area contributed by atoms with Crippen molar-refractivity contribution in [1.82, 2.24) is 0 Å². The average Bonchev–Trinajstić information content (AvgIpc) is 2.49. The summed E-state index contributed by atoms with van der Waals surface area (Å²) in [4.78, 5) is 0. The molecule has 3 heteroatoms. The van der Waals surface area contributed by atoms with Crippen LogP contribution in [-0.2, 0) is 6.42 Å². The molecule has 0 aliphatic carbocycles. The maximum Gasteiger partial charge on any atom is 0.131 e. The summed E-state index contributed by atoms with van der Waals surface area (Å²) < 4.78 is 20.0. The molecule has 2 N–H and O–H groups in total. The third-order valence-corrected chi connectivity index (χ3v) is 3.86. The van der Waals surface area contributed by atoms with Crippen molar-refractivity contribution >= 4 is 0 Å². The lowest BCUT2D eigenvalue weighted by molar-refractivity contribution is 0.284. The summed E-state index contributed by atoms with van der Waals surface area (Å²) in [5, 5.41) is 0. The summed E-state index contributed by atoms with van der Waals surface area (Å²) in [6.07, 6.45) is 2.01. The second kappa shape index (κ2) is 5.25. The van der Waals surface area contributed by atoms with Crippen molar-refractivity contribution in [2.45, 2.75) is 25.8 Å². The maximum absolute atomic E-state index is 14.2. The van der Waals surface area contributed by atoms with Crippen LogP contribution in [-0.4, -0.2) is 6.61 Å². The summed E-state index contributed by atoms with van der Waals surface area (Å²) >= 11 is 0. The lowest BCUT2D eigenvalue weighted by Gasteiger charge is -2.24. The SMILES string of the molecule is Cc1cccc(C(N)c2cccc3c2OCCC3)c1F. The molecule has 0 spiro atoms. The van der Waals surface area contributed by atoms with E-state index in [-0.39, 0.29) is 5.82 Å². The zero-order chi connectivity index (χ0) is 14.1. The standard InChI is InChI=1S/C17H18FNO/c1-11-5-2-8-13(15(11)18)16(19)14-9-3-6-12-7-4-10-20-17(12)14/h2-3,5-6,8-9,16H,4,7,10,19H2,1H3. The second-order valence-corrected chi connectivity index (χ2v) is 5.24. The van der Waals surface area contributed by atoms with E-state index in [1.54, 1.807) is 19.1 Å². The van der Waals surface area contributed by atoms with Crippen LogP contribution < -0.4 is 10.5 Å². The summed E-state index contributed by atoms with van der Waals surface area (Å²) in [6.45, 7) is 2.45. The first-order chi connectivity index (χ1) is 9.68. The van der Waals surface area contributed by atoms with Gasteiger partial charge in [-0.25, -0.2) is 4.39 Å². The zero-order valence-electron chi connectivity index (χ0n) is 11.5. The Kier molecular flexibility index (Phi) is 3.45. The minimum Gasteiger partial charge on any atom is -0.493 e. The minimum atomic E-state index is -0.497. The monoisotopic (exact) mass is 271 g/mol. The molecule has 1 aliphatic heterocycles. The second-order valence-electron chi connectivity index (χ2n) is 5.24. The summed E-state index contributed by atoms with van der Waals surface area (Å²) in [5.41, 5.74) is 9.46. The van der Waals surface area contributed by atoms with Crippen molar-refractivity contribution in [2.75, 3.05) is 6.61 Å². The Balaban J connectivity index is 2.07. The van der Waals surface area contributed by atoms with Gasteiger partial charge in [0.05, 0.1) is 12.6 Å². The first-order valence-electron chi connectivity index (χ1n) is 6.93. The zero-order valence-corrected chi connectivity index (χ0v) is 11.5.